The third-order valence-electron chi connectivity index (χ3n) is 4.68. The number of nitrogens with two attached hydrogens (primary N) is 1. The van der Waals surface area contributed by atoms with E-state index in [-0.39, 0.29) is 0 Å². The third-order valence-corrected chi connectivity index (χ3v) is 6.38. The largest absolute Gasteiger partial charge is 0.497 e. The summed E-state index contributed by atoms with van der Waals surface area (Å²) in [6.45, 7) is 0.726. The maximum Gasteiger partial charge on any atom is 0.294 e. The van der Waals surface area contributed by atoms with E-state index in [0.29, 0.717) is 16.5 Å². The zero-order chi connectivity index (χ0) is 21.1. The molecule has 0 aliphatic carbocycles. The number of H-pyrrole nitrogens is 1. The Hall–Kier alpha value is -2.78. The van der Waals surface area contributed by atoms with Crippen molar-refractivity contribution in [2.75, 3.05) is 20.0 Å². The third kappa shape index (κ3) is 4.22. The van der Waals surface area contributed by atoms with Crippen LogP contribution in [0.2, 0.25) is 0 Å². The number of ether oxygens (including phenoxy) is 2. The molecule has 0 bridgehead atoms. The molecule has 0 amide bonds. The van der Waals surface area contributed by atoms with Gasteiger partial charge < -0.3 is 20.2 Å². The summed E-state index contributed by atoms with van der Waals surface area (Å²) in [7, 11) is 3.28. The van der Waals surface area contributed by atoms with Crippen LogP contribution in [0.5, 0.6) is 11.5 Å². The molecule has 0 aliphatic rings. The second kappa shape index (κ2) is 8.93. The summed E-state index contributed by atoms with van der Waals surface area (Å²) in [6, 6.07) is 13.8. The van der Waals surface area contributed by atoms with Crippen LogP contribution < -0.4 is 19.8 Å². The molecule has 9 heteroatoms. The molecular formula is C21H21BrN5O2S+. The van der Waals surface area contributed by atoms with Crippen molar-refractivity contribution in [3.63, 3.8) is 0 Å². The van der Waals surface area contributed by atoms with Gasteiger partial charge in [0.15, 0.2) is 5.52 Å². The van der Waals surface area contributed by atoms with E-state index in [1.54, 1.807) is 20.5 Å². The van der Waals surface area contributed by atoms with Gasteiger partial charge in [-0.1, -0.05) is 44.1 Å². The van der Waals surface area contributed by atoms with Crippen LogP contribution in [0.3, 0.4) is 0 Å². The van der Waals surface area contributed by atoms with Gasteiger partial charge in [-0.25, -0.2) is 4.57 Å². The number of nitrogens with one attached hydrogen (secondary N) is 1. The van der Waals surface area contributed by atoms with Crippen molar-refractivity contribution in [3.05, 3.63) is 58.8 Å². The Balaban J connectivity index is 1.65. The Bertz CT molecular complexity index is 1200. The molecule has 0 radical (unpaired) electrons. The smallest absolute Gasteiger partial charge is 0.294 e. The van der Waals surface area contributed by atoms with E-state index in [0.717, 1.165) is 39.5 Å². The van der Waals surface area contributed by atoms with Crippen LogP contribution in [0.25, 0.3) is 11.2 Å². The lowest BCUT2D eigenvalue weighted by Gasteiger charge is -2.07. The number of imidazole rings is 1. The van der Waals surface area contributed by atoms with Gasteiger partial charge in [0.05, 0.1) is 25.7 Å². The molecule has 0 spiro atoms. The van der Waals surface area contributed by atoms with Crippen molar-refractivity contribution in [1.29, 1.82) is 0 Å². The highest BCUT2D eigenvalue weighted by Gasteiger charge is 2.20. The number of hydrogen-bond acceptors (Lipinski definition) is 6. The standard InChI is InChI=1S/C21H20BrN5O2S/c1-28-14-7-8-16(29-2)17(11-14)30-21-25-18-19(23)24-12-27(20(18)26-21)10-9-13-5-3-4-6-15(13)22/h3-8,11-12H,9-10H2,1-2H3,(H2,23,25,26)/p+1. The minimum Gasteiger partial charge on any atom is -0.497 e. The predicted octanol–water partition coefficient (Wildman–Crippen LogP) is 4.00. The molecule has 0 atom stereocenters. The van der Waals surface area contributed by atoms with Gasteiger partial charge in [0.2, 0.25) is 17.3 Å². The molecule has 3 N–H and O–H groups in total. The first kappa shape index (κ1) is 20.5. The van der Waals surface area contributed by atoms with Crippen LogP contribution in [0.4, 0.5) is 5.82 Å². The fourth-order valence-corrected chi connectivity index (χ4v) is 4.51. The highest BCUT2D eigenvalue weighted by Crippen LogP contribution is 2.36. The van der Waals surface area contributed by atoms with Gasteiger partial charge in [0.25, 0.3) is 5.65 Å². The number of halogens is 1. The highest BCUT2D eigenvalue weighted by atomic mass is 79.9. The number of aromatic amines is 1. The fourth-order valence-electron chi connectivity index (χ4n) is 3.10. The molecule has 0 saturated heterocycles. The second-order valence-corrected chi connectivity index (χ2v) is 8.41. The molecule has 0 fully saturated rings. The van der Waals surface area contributed by atoms with Crippen molar-refractivity contribution in [3.8, 4) is 11.5 Å². The summed E-state index contributed by atoms with van der Waals surface area (Å²) in [5.41, 5.74) is 8.81. The maximum atomic E-state index is 6.11. The number of benzene rings is 2. The first-order valence-corrected chi connectivity index (χ1v) is 10.9. The minimum absolute atomic E-state index is 0.416. The Morgan fingerprint density at radius 3 is 2.77 bits per heavy atom. The Morgan fingerprint density at radius 2 is 2.00 bits per heavy atom. The van der Waals surface area contributed by atoms with Crippen molar-refractivity contribution in [1.82, 2.24) is 15.0 Å². The SMILES string of the molecule is COc1ccc(OC)c(Sc2nc3c([nH]2)c(N)nc[n+]3CCc2ccccc2Br)c1. The predicted molar refractivity (Wildman–Crippen MR) is 120 cm³/mol. The van der Waals surface area contributed by atoms with Gasteiger partial charge in [0.1, 0.15) is 11.5 Å². The average Bonchev–Trinajstić information content (AvgIpc) is 3.19. The van der Waals surface area contributed by atoms with E-state index >= 15 is 0 Å². The lowest BCUT2D eigenvalue weighted by atomic mass is 10.1. The number of methoxy groups -OCH3 is 2. The fraction of sp³-hybridized carbons (Fsp3) is 0.190. The van der Waals surface area contributed by atoms with Gasteiger partial charge >= 0.3 is 0 Å². The molecule has 2 aromatic carbocycles. The summed E-state index contributed by atoms with van der Waals surface area (Å²) in [5.74, 6) is 1.91. The molecule has 154 valence electrons. The van der Waals surface area contributed by atoms with Crippen molar-refractivity contribution in [2.45, 2.75) is 23.0 Å². The van der Waals surface area contributed by atoms with E-state index in [4.69, 9.17) is 20.2 Å². The Morgan fingerprint density at radius 1 is 1.17 bits per heavy atom. The van der Waals surface area contributed by atoms with E-state index in [1.807, 2.05) is 41.0 Å². The molecule has 0 unspecified atom stereocenters. The van der Waals surface area contributed by atoms with E-state index < -0.39 is 0 Å². The van der Waals surface area contributed by atoms with Crippen molar-refractivity contribution in [2.24, 2.45) is 0 Å². The molecule has 4 aromatic rings. The summed E-state index contributed by atoms with van der Waals surface area (Å²) < 4.78 is 13.9. The minimum atomic E-state index is 0.416. The topological polar surface area (TPSA) is 89.9 Å². The number of aryl methyl sites for hydroxylation is 2. The lowest BCUT2D eigenvalue weighted by Crippen LogP contribution is -2.36. The number of aromatic nitrogens is 4. The molecular weight excluding hydrogens is 466 g/mol. The van der Waals surface area contributed by atoms with Crippen LogP contribution in [0.15, 0.2) is 63.3 Å². The first-order chi connectivity index (χ1) is 14.6. The number of rotatable bonds is 7. The molecule has 2 heterocycles. The van der Waals surface area contributed by atoms with Crippen molar-refractivity contribution >= 4 is 44.7 Å². The maximum absolute atomic E-state index is 6.11. The van der Waals surface area contributed by atoms with E-state index in [9.17, 15) is 0 Å². The summed E-state index contributed by atoms with van der Waals surface area (Å²) in [5, 5.41) is 0.700. The molecule has 4 rings (SSSR count). The number of nitrogen functional groups attached to an aromatic ring is 1. The molecule has 7 nitrogen and oxygen atoms in total. The van der Waals surface area contributed by atoms with Gasteiger partial charge in [-0.2, -0.15) is 0 Å². The van der Waals surface area contributed by atoms with Crippen LogP contribution in [0, 0.1) is 0 Å². The Labute approximate surface area is 186 Å². The Kier molecular flexibility index (Phi) is 6.10. The summed E-state index contributed by atoms with van der Waals surface area (Å²) >= 11 is 5.06. The van der Waals surface area contributed by atoms with E-state index in [1.165, 1.54) is 17.3 Å². The van der Waals surface area contributed by atoms with Crippen LogP contribution in [-0.4, -0.2) is 29.2 Å². The molecule has 0 saturated carbocycles. The quantitative estimate of drug-likeness (QED) is 0.383. The zero-order valence-corrected chi connectivity index (χ0v) is 19.0. The summed E-state index contributed by atoms with van der Waals surface area (Å²) in [4.78, 5) is 13.3. The van der Waals surface area contributed by atoms with Crippen LogP contribution >= 0.6 is 27.7 Å². The van der Waals surface area contributed by atoms with Gasteiger partial charge in [0, 0.05) is 10.9 Å². The normalized spacial score (nSPS) is 11.0. The first-order valence-electron chi connectivity index (χ1n) is 9.26. The molecule has 30 heavy (non-hydrogen) atoms. The van der Waals surface area contributed by atoms with E-state index in [2.05, 4.69) is 32.0 Å². The number of hydrogen-bond donors (Lipinski definition) is 2. The molecule has 0 aliphatic heterocycles. The lowest BCUT2D eigenvalue weighted by molar-refractivity contribution is -0.675. The average molecular weight is 487 g/mol. The zero-order valence-electron chi connectivity index (χ0n) is 16.6. The van der Waals surface area contributed by atoms with Crippen molar-refractivity contribution < 1.29 is 14.0 Å². The monoisotopic (exact) mass is 486 g/mol. The number of nitrogens with zero attached hydrogens (tertiary/aromatic N) is 3. The van der Waals surface area contributed by atoms with Crippen LogP contribution in [-0.2, 0) is 13.0 Å². The number of fused-ring (bicyclic) bond motifs is 1. The van der Waals surface area contributed by atoms with Gasteiger partial charge in [-0.05, 0) is 41.6 Å². The number of anilines is 1. The van der Waals surface area contributed by atoms with Gasteiger partial charge in [-0.3, -0.25) is 0 Å². The highest BCUT2D eigenvalue weighted by molar-refractivity contribution is 9.10. The van der Waals surface area contributed by atoms with Crippen LogP contribution in [0.1, 0.15) is 5.56 Å². The van der Waals surface area contributed by atoms with Gasteiger partial charge in [-0.15, -0.1) is 0 Å². The molecule has 2 aromatic heterocycles. The second-order valence-electron chi connectivity index (χ2n) is 6.52. The summed E-state index contributed by atoms with van der Waals surface area (Å²) in [6.07, 6.45) is 2.57.